The molecule has 1 aromatic heterocycles. The maximum absolute atomic E-state index is 12.3. The maximum Gasteiger partial charge on any atom is 0.305 e. The number of amides is 1. The Morgan fingerprint density at radius 3 is 2.43 bits per heavy atom. The van der Waals surface area contributed by atoms with Gasteiger partial charge >= 0.3 is 5.97 Å². The number of hydrogen-bond acceptors (Lipinski definition) is 5. The second-order valence-corrected chi connectivity index (χ2v) is 9.90. The number of carbonyl (C=O) groups excluding carboxylic acids is 1. The summed E-state index contributed by atoms with van der Waals surface area (Å²) in [6.07, 6.45) is 2.02. The summed E-state index contributed by atoms with van der Waals surface area (Å²) in [5, 5.41) is 14.9. The van der Waals surface area contributed by atoms with Crippen LogP contribution in [0.4, 0.5) is 10.8 Å². The first-order valence-electron chi connectivity index (χ1n) is 12.1. The molecule has 0 aliphatic carbocycles. The zero-order valence-electron chi connectivity index (χ0n) is 20.5. The minimum Gasteiger partial charge on any atom is -0.481 e. The number of aromatic nitrogens is 1. The first-order chi connectivity index (χ1) is 17.9. The highest BCUT2D eigenvalue weighted by molar-refractivity contribution is 7.14. The molecule has 4 rings (SSSR count). The van der Waals surface area contributed by atoms with Crippen LogP contribution in [-0.2, 0) is 17.8 Å². The average Bonchev–Trinajstić information content (AvgIpc) is 3.38. The molecule has 4 aromatic rings. The van der Waals surface area contributed by atoms with E-state index in [2.05, 4.69) is 41.4 Å². The van der Waals surface area contributed by atoms with Crippen molar-refractivity contribution in [3.8, 4) is 11.3 Å². The number of anilines is 2. The first-order valence-corrected chi connectivity index (χ1v) is 13.4. The van der Waals surface area contributed by atoms with Crippen LogP contribution in [0.5, 0.6) is 0 Å². The lowest BCUT2D eigenvalue weighted by molar-refractivity contribution is -0.136. The molecule has 8 heteroatoms. The van der Waals surface area contributed by atoms with Crippen LogP contribution in [0.2, 0.25) is 5.02 Å². The number of aliphatic carboxylic acids is 1. The summed E-state index contributed by atoms with van der Waals surface area (Å²) < 4.78 is 0. The molecule has 0 atom stereocenters. The fourth-order valence-corrected chi connectivity index (χ4v) is 4.94. The Bertz CT molecular complexity index is 1350. The number of rotatable bonds is 11. The highest BCUT2D eigenvalue weighted by Gasteiger charge is 2.16. The predicted octanol–water partition coefficient (Wildman–Crippen LogP) is 6.96. The van der Waals surface area contributed by atoms with Crippen molar-refractivity contribution in [2.24, 2.45) is 0 Å². The van der Waals surface area contributed by atoms with Crippen LogP contribution in [0.3, 0.4) is 0 Å². The highest BCUT2D eigenvalue weighted by atomic mass is 35.5. The van der Waals surface area contributed by atoms with Crippen molar-refractivity contribution in [3.63, 3.8) is 0 Å². The molecule has 0 aliphatic heterocycles. The number of aryl methyl sites for hydroxylation is 1. The summed E-state index contributed by atoms with van der Waals surface area (Å²) in [5.41, 5.74) is 5.65. The van der Waals surface area contributed by atoms with Gasteiger partial charge in [-0.15, -0.1) is 11.3 Å². The summed E-state index contributed by atoms with van der Waals surface area (Å²) in [6.45, 7) is 2.83. The highest BCUT2D eigenvalue weighted by Crippen LogP contribution is 2.34. The predicted molar refractivity (Wildman–Crippen MR) is 150 cm³/mol. The van der Waals surface area contributed by atoms with E-state index in [1.807, 2.05) is 41.8 Å². The number of benzene rings is 3. The van der Waals surface area contributed by atoms with E-state index in [1.54, 1.807) is 23.5 Å². The lowest BCUT2D eigenvalue weighted by atomic mass is 10.1. The van der Waals surface area contributed by atoms with E-state index in [1.165, 1.54) is 5.56 Å². The zero-order valence-corrected chi connectivity index (χ0v) is 22.1. The van der Waals surface area contributed by atoms with Gasteiger partial charge in [0.25, 0.3) is 5.91 Å². The minimum atomic E-state index is -0.945. The number of carboxylic acid groups (broad SMARTS) is 1. The number of nitrogens with one attached hydrogen (secondary N) is 1. The molecular weight excluding hydrogens is 506 g/mol. The normalized spacial score (nSPS) is 10.8. The molecule has 0 unspecified atom stereocenters. The van der Waals surface area contributed by atoms with Gasteiger partial charge in [-0.25, -0.2) is 4.98 Å². The molecule has 0 saturated carbocycles. The van der Waals surface area contributed by atoms with Gasteiger partial charge in [0.05, 0.1) is 18.7 Å². The number of halogens is 1. The topological polar surface area (TPSA) is 82.5 Å². The van der Waals surface area contributed by atoms with Crippen LogP contribution in [0, 0.1) is 0 Å². The standard InChI is InChI=1S/C29H28ClN3O3S/c1-2-4-20-9-13-25(14-10-20)33(29-32-26(19-37-29)23-5-3-6-24(30)17-23)18-21-7-11-22(12-8-21)28(36)31-16-15-27(34)35/h3,5-14,17,19H,2,4,15-16,18H2,1H3,(H,31,36)(H,34,35). The van der Waals surface area contributed by atoms with Crippen molar-refractivity contribution in [1.29, 1.82) is 0 Å². The molecule has 0 spiro atoms. The SMILES string of the molecule is CCCc1ccc(N(Cc2ccc(C(=O)NCCC(=O)O)cc2)c2nc(-c3cccc(Cl)c3)cs2)cc1. The quantitative estimate of drug-likeness (QED) is 0.218. The number of nitrogens with zero attached hydrogens (tertiary/aromatic N) is 2. The van der Waals surface area contributed by atoms with Crippen molar-refractivity contribution < 1.29 is 14.7 Å². The molecular formula is C29H28ClN3O3S. The van der Waals surface area contributed by atoms with Gasteiger partial charge in [-0.2, -0.15) is 0 Å². The van der Waals surface area contributed by atoms with E-state index in [0.29, 0.717) is 17.1 Å². The molecule has 0 aliphatic rings. The van der Waals surface area contributed by atoms with E-state index in [4.69, 9.17) is 21.7 Å². The van der Waals surface area contributed by atoms with Crippen molar-refractivity contribution >= 4 is 45.6 Å². The molecule has 190 valence electrons. The van der Waals surface area contributed by atoms with Crippen LogP contribution < -0.4 is 10.2 Å². The van der Waals surface area contributed by atoms with Crippen LogP contribution in [0.1, 0.15) is 41.3 Å². The van der Waals surface area contributed by atoms with E-state index in [0.717, 1.165) is 40.5 Å². The molecule has 37 heavy (non-hydrogen) atoms. The van der Waals surface area contributed by atoms with Gasteiger partial charge in [0.15, 0.2) is 5.13 Å². The summed E-state index contributed by atoms with van der Waals surface area (Å²) in [6, 6.07) is 23.6. The Morgan fingerprint density at radius 2 is 1.76 bits per heavy atom. The van der Waals surface area contributed by atoms with Crippen molar-refractivity contribution in [2.45, 2.75) is 32.7 Å². The molecule has 0 saturated heterocycles. The fraction of sp³-hybridized carbons (Fsp3) is 0.207. The van der Waals surface area contributed by atoms with E-state index in [-0.39, 0.29) is 18.9 Å². The van der Waals surface area contributed by atoms with Crippen LogP contribution >= 0.6 is 22.9 Å². The van der Waals surface area contributed by atoms with Crippen LogP contribution in [0.15, 0.2) is 78.2 Å². The number of carbonyl (C=O) groups is 2. The Hall–Kier alpha value is -3.68. The maximum atomic E-state index is 12.3. The monoisotopic (exact) mass is 533 g/mol. The lowest BCUT2D eigenvalue weighted by Gasteiger charge is -2.23. The van der Waals surface area contributed by atoms with Gasteiger partial charge in [0.2, 0.25) is 0 Å². The molecule has 1 heterocycles. The third kappa shape index (κ3) is 7.18. The Kier molecular flexibility index (Phi) is 8.93. The summed E-state index contributed by atoms with van der Waals surface area (Å²) in [7, 11) is 0. The average molecular weight is 534 g/mol. The molecule has 2 N–H and O–H groups in total. The molecule has 1 amide bonds. The largest absolute Gasteiger partial charge is 0.481 e. The van der Waals surface area contributed by atoms with E-state index < -0.39 is 5.97 Å². The third-order valence-electron chi connectivity index (χ3n) is 5.81. The van der Waals surface area contributed by atoms with Crippen molar-refractivity contribution in [1.82, 2.24) is 10.3 Å². The minimum absolute atomic E-state index is 0.0940. The first kappa shape index (κ1) is 26.4. The van der Waals surface area contributed by atoms with Gasteiger partial charge in [0.1, 0.15) is 0 Å². The third-order valence-corrected chi connectivity index (χ3v) is 6.91. The fourth-order valence-electron chi connectivity index (χ4n) is 3.90. The molecule has 0 radical (unpaired) electrons. The molecule has 0 bridgehead atoms. The summed E-state index contributed by atoms with van der Waals surface area (Å²) >= 11 is 7.76. The number of carboxylic acids is 1. The van der Waals surface area contributed by atoms with Gasteiger partial charge in [0, 0.05) is 33.8 Å². The van der Waals surface area contributed by atoms with Gasteiger partial charge < -0.3 is 15.3 Å². The number of thiazole rings is 1. The lowest BCUT2D eigenvalue weighted by Crippen LogP contribution is -2.26. The summed E-state index contributed by atoms with van der Waals surface area (Å²) in [4.78, 5) is 30.1. The Morgan fingerprint density at radius 1 is 1.03 bits per heavy atom. The van der Waals surface area contributed by atoms with Gasteiger partial charge in [-0.3, -0.25) is 9.59 Å². The van der Waals surface area contributed by atoms with Crippen LogP contribution in [0.25, 0.3) is 11.3 Å². The van der Waals surface area contributed by atoms with Gasteiger partial charge in [-0.1, -0.05) is 61.3 Å². The van der Waals surface area contributed by atoms with Gasteiger partial charge in [-0.05, 0) is 53.9 Å². The van der Waals surface area contributed by atoms with Crippen molar-refractivity contribution in [3.05, 3.63) is 99.9 Å². The Balaban J connectivity index is 1.57. The molecule has 3 aromatic carbocycles. The van der Waals surface area contributed by atoms with E-state index in [9.17, 15) is 9.59 Å². The smallest absolute Gasteiger partial charge is 0.305 e. The Labute approximate surface area is 225 Å². The summed E-state index contributed by atoms with van der Waals surface area (Å²) in [5.74, 6) is -1.23. The molecule has 0 fully saturated rings. The second-order valence-electron chi connectivity index (χ2n) is 8.62. The molecule has 6 nitrogen and oxygen atoms in total. The zero-order chi connectivity index (χ0) is 26.2. The second kappa shape index (κ2) is 12.5. The van der Waals surface area contributed by atoms with Crippen LogP contribution in [-0.4, -0.2) is 28.5 Å². The van der Waals surface area contributed by atoms with Crippen molar-refractivity contribution in [2.75, 3.05) is 11.4 Å². The number of hydrogen-bond donors (Lipinski definition) is 2. The van der Waals surface area contributed by atoms with E-state index >= 15 is 0 Å².